The van der Waals surface area contributed by atoms with Gasteiger partial charge in [-0.05, 0) is 41.4 Å². The van der Waals surface area contributed by atoms with Crippen LogP contribution >= 0.6 is 15.9 Å². The molecule has 0 N–H and O–H groups in total. The minimum Gasteiger partial charge on any atom is -0.294 e. The zero-order valence-corrected chi connectivity index (χ0v) is 12.4. The van der Waals surface area contributed by atoms with Crippen LogP contribution in [0, 0.1) is 19.7 Å². The van der Waals surface area contributed by atoms with Crippen molar-refractivity contribution in [2.45, 2.75) is 20.3 Å². The largest absolute Gasteiger partial charge is 0.294 e. The summed E-state index contributed by atoms with van der Waals surface area (Å²) in [6, 6.07) is 10.5. The third-order valence-corrected chi connectivity index (χ3v) is 3.70. The number of benzene rings is 2. The number of hydrogen-bond donors (Lipinski definition) is 0. The molecule has 0 bridgehead atoms. The first-order valence-corrected chi connectivity index (χ1v) is 6.81. The molecule has 0 heterocycles. The molecule has 0 aliphatic carbocycles. The van der Waals surface area contributed by atoms with E-state index >= 15 is 0 Å². The number of rotatable bonds is 3. The van der Waals surface area contributed by atoms with Gasteiger partial charge < -0.3 is 0 Å². The molecular weight excluding hydrogens is 307 g/mol. The lowest BCUT2D eigenvalue weighted by Crippen LogP contribution is -2.05. The van der Waals surface area contributed by atoms with Crippen LogP contribution in [-0.2, 0) is 6.42 Å². The molecule has 0 atom stereocenters. The second-order valence-electron chi connectivity index (χ2n) is 4.70. The number of ketones is 1. The van der Waals surface area contributed by atoms with Gasteiger partial charge in [-0.2, -0.15) is 0 Å². The van der Waals surface area contributed by atoms with E-state index in [-0.39, 0.29) is 16.7 Å². The Kier molecular flexibility index (Phi) is 4.15. The lowest BCUT2D eigenvalue weighted by atomic mass is 10.00. The molecule has 2 rings (SSSR count). The molecule has 3 heteroatoms. The van der Waals surface area contributed by atoms with Crippen molar-refractivity contribution >= 4 is 21.7 Å². The highest BCUT2D eigenvalue weighted by Crippen LogP contribution is 2.22. The van der Waals surface area contributed by atoms with Gasteiger partial charge in [-0.3, -0.25) is 4.79 Å². The van der Waals surface area contributed by atoms with Crippen LogP contribution in [0.1, 0.15) is 27.0 Å². The molecule has 0 saturated heterocycles. The van der Waals surface area contributed by atoms with Crippen molar-refractivity contribution in [3.05, 3.63) is 68.9 Å². The second-order valence-corrected chi connectivity index (χ2v) is 5.49. The molecule has 0 aliphatic heterocycles. The Hall–Kier alpha value is -1.48. The maximum absolute atomic E-state index is 13.4. The topological polar surface area (TPSA) is 17.1 Å². The summed E-state index contributed by atoms with van der Waals surface area (Å²) in [5.41, 5.74) is 3.60. The van der Waals surface area contributed by atoms with Crippen molar-refractivity contribution in [3.8, 4) is 0 Å². The van der Waals surface area contributed by atoms with Crippen LogP contribution in [0.4, 0.5) is 4.39 Å². The predicted molar refractivity (Wildman–Crippen MR) is 78.1 cm³/mol. The molecule has 19 heavy (non-hydrogen) atoms. The lowest BCUT2D eigenvalue weighted by Gasteiger charge is -2.06. The first-order valence-electron chi connectivity index (χ1n) is 6.02. The number of carbonyl (C=O) groups excluding carboxylic acids is 1. The van der Waals surface area contributed by atoms with Gasteiger partial charge in [-0.1, -0.05) is 41.5 Å². The maximum atomic E-state index is 13.4. The quantitative estimate of drug-likeness (QED) is 0.753. The molecule has 98 valence electrons. The van der Waals surface area contributed by atoms with Gasteiger partial charge in [-0.25, -0.2) is 4.39 Å². The molecule has 0 fully saturated rings. The molecular formula is C16H14BrFO. The molecule has 0 radical (unpaired) electrons. The lowest BCUT2D eigenvalue weighted by molar-refractivity contribution is 0.0991. The first-order chi connectivity index (χ1) is 8.97. The monoisotopic (exact) mass is 320 g/mol. The average Bonchev–Trinajstić information content (AvgIpc) is 2.31. The molecule has 0 aromatic heterocycles. The van der Waals surface area contributed by atoms with Gasteiger partial charge in [0.2, 0.25) is 0 Å². The van der Waals surface area contributed by atoms with E-state index in [4.69, 9.17) is 0 Å². The molecule has 0 aliphatic rings. The Bertz CT molecular complexity index is 614. The van der Waals surface area contributed by atoms with E-state index in [1.54, 1.807) is 12.1 Å². The van der Waals surface area contributed by atoms with Crippen molar-refractivity contribution in [2.24, 2.45) is 0 Å². The van der Waals surface area contributed by atoms with Crippen molar-refractivity contribution in [1.29, 1.82) is 0 Å². The molecule has 0 spiro atoms. The summed E-state index contributed by atoms with van der Waals surface area (Å²) in [7, 11) is 0. The van der Waals surface area contributed by atoms with E-state index in [1.807, 2.05) is 26.0 Å². The van der Waals surface area contributed by atoms with Crippen LogP contribution in [0.25, 0.3) is 0 Å². The zero-order chi connectivity index (χ0) is 14.0. The fraction of sp³-hybridized carbons (Fsp3) is 0.188. The minimum atomic E-state index is -0.411. The Balaban J connectivity index is 2.28. The molecule has 2 aromatic rings. The first kappa shape index (κ1) is 13.9. The fourth-order valence-corrected chi connectivity index (χ4v) is 2.66. The normalized spacial score (nSPS) is 10.5. The van der Waals surface area contributed by atoms with Crippen molar-refractivity contribution in [3.63, 3.8) is 0 Å². The Morgan fingerprint density at radius 3 is 2.42 bits per heavy atom. The van der Waals surface area contributed by atoms with Crippen molar-refractivity contribution < 1.29 is 9.18 Å². The fourth-order valence-electron chi connectivity index (χ4n) is 2.17. The molecule has 2 aromatic carbocycles. The molecule has 0 unspecified atom stereocenters. The highest BCUT2D eigenvalue weighted by atomic mass is 79.9. The van der Waals surface area contributed by atoms with Gasteiger partial charge in [0.15, 0.2) is 5.78 Å². The number of Topliss-reactive ketones (excluding diaryl/α,β-unsaturated/α-hetero) is 1. The van der Waals surface area contributed by atoms with Crippen LogP contribution < -0.4 is 0 Å². The zero-order valence-electron chi connectivity index (χ0n) is 10.8. The highest BCUT2D eigenvalue weighted by Gasteiger charge is 2.13. The minimum absolute atomic E-state index is 0.0867. The van der Waals surface area contributed by atoms with Crippen LogP contribution in [0.15, 0.2) is 40.9 Å². The van der Waals surface area contributed by atoms with Crippen molar-refractivity contribution in [1.82, 2.24) is 0 Å². The van der Waals surface area contributed by atoms with Crippen LogP contribution in [0.3, 0.4) is 0 Å². The summed E-state index contributed by atoms with van der Waals surface area (Å²) >= 11 is 3.13. The third-order valence-electron chi connectivity index (χ3n) is 2.90. The Morgan fingerprint density at radius 2 is 1.79 bits per heavy atom. The standard InChI is InChI=1S/C16H14BrFO/c1-10-6-11(2)8-12(7-10)9-15(19)13-4-3-5-14(18)16(13)17/h3-8H,9H2,1-2H3. The summed E-state index contributed by atoms with van der Waals surface area (Å²) in [6.07, 6.45) is 0.282. The summed E-state index contributed by atoms with van der Waals surface area (Å²) in [5.74, 6) is -0.498. The van der Waals surface area contributed by atoms with Gasteiger partial charge in [0.1, 0.15) is 5.82 Å². The van der Waals surface area contributed by atoms with Crippen LogP contribution in [0.5, 0.6) is 0 Å². The molecule has 0 saturated carbocycles. The van der Waals surface area contributed by atoms with Gasteiger partial charge in [0.25, 0.3) is 0 Å². The molecule has 0 amide bonds. The molecule has 1 nitrogen and oxygen atoms in total. The second kappa shape index (κ2) is 5.66. The third kappa shape index (κ3) is 3.29. The number of carbonyl (C=O) groups is 1. The number of aryl methyl sites for hydroxylation is 2. The Labute approximate surface area is 120 Å². The van der Waals surface area contributed by atoms with Crippen molar-refractivity contribution in [2.75, 3.05) is 0 Å². The summed E-state index contributed by atoms with van der Waals surface area (Å²) in [5, 5.41) is 0. The SMILES string of the molecule is Cc1cc(C)cc(CC(=O)c2cccc(F)c2Br)c1. The maximum Gasteiger partial charge on any atom is 0.168 e. The number of hydrogen-bond acceptors (Lipinski definition) is 1. The number of halogens is 2. The van der Waals surface area contributed by atoms with Gasteiger partial charge >= 0.3 is 0 Å². The van der Waals surface area contributed by atoms with Gasteiger partial charge in [-0.15, -0.1) is 0 Å². The summed E-state index contributed by atoms with van der Waals surface area (Å²) < 4.78 is 13.6. The van der Waals surface area contributed by atoms with Gasteiger partial charge in [0, 0.05) is 12.0 Å². The average molecular weight is 321 g/mol. The summed E-state index contributed by atoms with van der Waals surface area (Å²) in [4.78, 5) is 12.2. The predicted octanol–water partition coefficient (Wildman–Crippen LogP) is 4.63. The van der Waals surface area contributed by atoms with E-state index in [2.05, 4.69) is 22.0 Å². The highest BCUT2D eigenvalue weighted by molar-refractivity contribution is 9.10. The Morgan fingerprint density at radius 1 is 1.16 bits per heavy atom. The van der Waals surface area contributed by atoms with Gasteiger partial charge in [0.05, 0.1) is 4.47 Å². The van der Waals surface area contributed by atoms with E-state index in [9.17, 15) is 9.18 Å². The smallest absolute Gasteiger partial charge is 0.168 e. The van der Waals surface area contributed by atoms with Crippen LogP contribution in [-0.4, -0.2) is 5.78 Å². The summed E-state index contributed by atoms with van der Waals surface area (Å²) in [6.45, 7) is 4.00. The van der Waals surface area contributed by atoms with E-state index < -0.39 is 5.82 Å². The van der Waals surface area contributed by atoms with E-state index in [1.165, 1.54) is 6.07 Å². The van der Waals surface area contributed by atoms with Crippen LogP contribution in [0.2, 0.25) is 0 Å². The van der Waals surface area contributed by atoms with E-state index in [0.29, 0.717) is 5.56 Å². The van der Waals surface area contributed by atoms with E-state index in [0.717, 1.165) is 16.7 Å².